The molecule has 1 N–H and O–H groups in total. The van der Waals surface area contributed by atoms with Crippen LogP contribution in [-0.4, -0.2) is 15.8 Å². The lowest BCUT2D eigenvalue weighted by Crippen LogP contribution is -1.99. The maximum atomic E-state index is 12.6. The van der Waals surface area contributed by atoms with Crippen molar-refractivity contribution >= 4 is 17.4 Å². The van der Waals surface area contributed by atoms with E-state index in [1.54, 1.807) is 12.3 Å². The maximum Gasteiger partial charge on any atom is 0.227 e. The van der Waals surface area contributed by atoms with Crippen molar-refractivity contribution < 1.29 is 4.79 Å². The number of nitrogens with zero attached hydrogens (tertiary/aromatic N) is 2. The van der Waals surface area contributed by atoms with Gasteiger partial charge < -0.3 is 5.32 Å². The molecule has 0 aliphatic rings. The van der Waals surface area contributed by atoms with Crippen molar-refractivity contribution in [3.63, 3.8) is 0 Å². The van der Waals surface area contributed by atoms with E-state index < -0.39 is 0 Å². The monoisotopic (exact) mass is 447 g/mol. The van der Waals surface area contributed by atoms with E-state index >= 15 is 0 Å². The third-order valence-electron chi connectivity index (χ3n) is 5.84. The van der Waals surface area contributed by atoms with Crippen molar-refractivity contribution in [2.75, 3.05) is 5.32 Å². The zero-order valence-corrected chi connectivity index (χ0v) is 19.9. The van der Waals surface area contributed by atoms with E-state index in [0.29, 0.717) is 11.5 Å². The molecular formula is C30H29N3O. The summed E-state index contributed by atoms with van der Waals surface area (Å²) in [6, 6.07) is 24.1. The van der Waals surface area contributed by atoms with E-state index in [0.717, 1.165) is 29.8 Å². The van der Waals surface area contributed by atoms with Crippen molar-refractivity contribution in [2.45, 2.75) is 33.6 Å². The second-order valence-corrected chi connectivity index (χ2v) is 8.42. The minimum atomic E-state index is -0.00918. The summed E-state index contributed by atoms with van der Waals surface area (Å²) in [7, 11) is 0. The van der Waals surface area contributed by atoms with E-state index in [4.69, 9.17) is 0 Å². The predicted molar refractivity (Wildman–Crippen MR) is 140 cm³/mol. The normalized spacial score (nSPS) is 11.0. The Morgan fingerprint density at radius 3 is 2.41 bits per heavy atom. The number of nitrogens with one attached hydrogen (secondary N) is 1. The molecule has 0 bridgehead atoms. The molecular weight excluding hydrogens is 418 g/mol. The first-order valence-electron chi connectivity index (χ1n) is 11.6. The number of ketones is 1. The topological polar surface area (TPSA) is 54.9 Å². The number of aromatic nitrogens is 2. The van der Waals surface area contributed by atoms with Crippen LogP contribution in [0.1, 0.15) is 39.5 Å². The molecule has 4 nitrogen and oxygen atoms in total. The van der Waals surface area contributed by atoms with Crippen LogP contribution in [0.15, 0.2) is 91.1 Å². The highest BCUT2D eigenvalue weighted by atomic mass is 16.1. The maximum absolute atomic E-state index is 12.6. The smallest absolute Gasteiger partial charge is 0.227 e. The lowest BCUT2D eigenvalue weighted by molar-refractivity contribution is 0.104. The number of benzene rings is 3. The number of hydrogen-bond acceptors (Lipinski definition) is 4. The molecule has 0 amide bonds. The van der Waals surface area contributed by atoms with Gasteiger partial charge in [-0.05, 0) is 79.8 Å². The van der Waals surface area contributed by atoms with Crippen LogP contribution in [0.3, 0.4) is 0 Å². The Morgan fingerprint density at radius 2 is 1.71 bits per heavy atom. The molecule has 0 radical (unpaired) electrons. The van der Waals surface area contributed by atoms with E-state index in [1.807, 2.05) is 36.4 Å². The minimum Gasteiger partial charge on any atom is -0.324 e. The minimum absolute atomic E-state index is 0.00918. The van der Waals surface area contributed by atoms with Gasteiger partial charge in [0, 0.05) is 23.0 Å². The van der Waals surface area contributed by atoms with Gasteiger partial charge in [0.2, 0.25) is 5.95 Å². The zero-order valence-electron chi connectivity index (χ0n) is 19.9. The van der Waals surface area contributed by atoms with E-state index in [-0.39, 0.29) is 5.78 Å². The molecule has 4 rings (SSSR count). The molecule has 0 aliphatic heterocycles. The third-order valence-corrected chi connectivity index (χ3v) is 5.84. The van der Waals surface area contributed by atoms with Gasteiger partial charge >= 0.3 is 0 Å². The van der Waals surface area contributed by atoms with Crippen molar-refractivity contribution in [3.8, 4) is 11.3 Å². The van der Waals surface area contributed by atoms with Gasteiger partial charge in [0.25, 0.3) is 0 Å². The summed E-state index contributed by atoms with van der Waals surface area (Å²) in [5.41, 5.74) is 8.41. The summed E-state index contributed by atoms with van der Waals surface area (Å²) in [5, 5.41) is 3.23. The number of aryl methyl sites for hydroxylation is 3. The Bertz CT molecular complexity index is 1310. The number of rotatable bonds is 8. The molecule has 1 aromatic heterocycles. The van der Waals surface area contributed by atoms with E-state index in [1.165, 1.54) is 22.3 Å². The fourth-order valence-electron chi connectivity index (χ4n) is 3.80. The van der Waals surface area contributed by atoms with Gasteiger partial charge in [0.05, 0.1) is 5.69 Å². The quantitative estimate of drug-likeness (QED) is 0.232. The lowest BCUT2D eigenvalue weighted by atomic mass is 10.0. The first kappa shape index (κ1) is 23.1. The molecule has 0 atom stereocenters. The molecule has 34 heavy (non-hydrogen) atoms. The number of carbonyl (C=O) groups excluding carboxylic acids is 1. The molecule has 0 spiro atoms. The van der Waals surface area contributed by atoms with Gasteiger partial charge in [-0.1, -0.05) is 61.0 Å². The van der Waals surface area contributed by atoms with Crippen LogP contribution in [0.2, 0.25) is 0 Å². The van der Waals surface area contributed by atoms with Gasteiger partial charge in [-0.15, -0.1) is 0 Å². The van der Waals surface area contributed by atoms with Crippen molar-refractivity contribution in [2.24, 2.45) is 0 Å². The summed E-state index contributed by atoms with van der Waals surface area (Å²) in [4.78, 5) is 21.5. The molecule has 0 unspecified atom stereocenters. The van der Waals surface area contributed by atoms with Gasteiger partial charge in [0.1, 0.15) is 0 Å². The van der Waals surface area contributed by atoms with Gasteiger partial charge in [-0.25, -0.2) is 9.97 Å². The molecule has 0 saturated carbocycles. The average Bonchev–Trinajstić information content (AvgIpc) is 2.86. The van der Waals surface area contributed by atoms with Crippen LogP contribution >= 0.6 is 0 Å². The van der Waals surface area contributed by atoms with E-state index in [9.17, 15) is 4.79 Å². The van der Waals surface area contributed by atoms with Crippen LogP contribution in [0.5, 0.6) is 0 Å². The summed E-state index contributed by atoms with van der Waals surface area (Å²) >= 11 is 0. The van der Waals surface area contributed by atoms with Crippen molar-refractivity contribution in [1.29, 1.82) is 0 Å². The molecule has 170 valence electrons. The van der Waals surface area contributed by atoms with Crippen LogP contribution in [-0.2, 0) is 12.8 Å². The molecule has 0 fully saturated rings. The van der Waals surface area contributed by atoms with Crippen LogP contribution in [0, 0.1) is 13.8 Å². The lowest BCUT2D eigenvalue weighted by Gasteiger charge is -2.08. The Hall–Kier alpha value is -4.05. The van der Waals surface area contributed by atoms with Gasteiger partial charge in [-0.3, -0.25) is 4.79 Å². The third kappa shape index (κ3) is 5.84. The fourth-order valence-corrected chi connectivity index (χ4v) is 3.80. The number of carbonyl (C=O) groups is 1. The second-order valence-electron chi connectivity index (χ2n) is 8.42. The average molecular weight is 448 g/mol. The first-order chi connectivity index (χ1) is 16.5. The van der Waals surface area contributed by atoms with Crippen molar-refractivity contribution in [1.82, 2.24) is 9.97 Å². The van der Waals surface area contributed by atoms with Crippen LogP contribution in [0.4, 0.5) is 11.6 Å². The largest absolute Gasteiger partial charge is 0.324 e. The summed E-state index contributed by atoms with van der Waals surface area (Å²) < 4.78 is 0. The van der Waals surface area contributed by atoms with Gasteiger partial charge in [-0.2, -0.15) is 0 Å². The number of anilines is 2. The number of hydrogen-bond donors (Lipinski definition) is 1. The fraction of sp³-hybridized carbons (Fsp3) is 0.167. The Kier molecular flexibility index (Phi) is 7.28. The van der Waals surface area contributed by atoms with Crippen molar-refractivity contribution in [3.05, 3.63) is 119 Å². The highest BCUT2D eigenvalue weighted by molar-refractivity contribution is 6.04. The summed E-state index contributed by atoms with van der Waals surface area (Å²) in [6.07, 6.45) is 7.08. The molecule has 4 heteroatoms. The molecule has 4 aromatic rings. The summed E-state index contributed by atoms with van der Waals surface area (Å²) in [6.45, 7) is 6.33. The zero-order chi connectivity index (χ0) is 23.9. The van der Waals surface area contributed by atoms with E-state index in [2.05, 4.69) is 78.5 Å². The SMILES string of the molecule is CCc1ccc(-c2ccnc(Nc3ccc(C(=O)/C=C/Cc4ccc(C)cc4C)cc3)n2)cc1. The Balaban J connectivity index is 1.39. The highest BCUT2D eigenvalue weighted by Crippen LogP contribution is 2.21. The van der Waals surface area contributed by atoms with Crippen LogP contribution < -0.4 is 5.32 Å². The Labute approximate surface area is 201 Å². The molecule has 3 aromatic carbocycles. The first-order valence-corrected chi connectivity index (χ1v) is 11.6. The highest BCUT2D eigenvalue weighted by Gasteiger charge is 2.06. The van der Waals surface area contributed by atoms with Crippen LogP contribution in [0.25, 0.3) is 11.3 Å². The van der Waals surface area contributed by atoms with Gasteiger partial charge in [0.15, 0.2) is 5.78 Å². The number of allylic oxidation sites excluding steroid dienone is 2. The summed E-state index contributed by atoms with van der Waals surface area (Å²) in [5.74, 6) is 0.509. The standard InChI is InChI=1S/C30H29N3O/c1-4-23-9-12-25(13-10-23)28-18-19-31-30(33-28)32-27-16-14-26(15-17-27)29(34)7-5-6-24-11-8-21(2)20-22(24)3/h5,7-20H,4,6H2,1-3H3,(H,31,32,33)/b7-5+. The predicted octanol–water partition coefficient (Wildman–Crippen LogP) is 7.05. The molecule has 0 saturated heterocycles. The molecule has 0 aliphatic carbocycles. The second kappa shape index (κ2) is 10.7. The Morgan fingerprint density at radius 1 is 0.941 bits per heavy atom. The molecule has 1 heterocycles.